The van der Waals surface area contributed by atoms with Crippen LogP contribution in [0, 0.1) is 0 Å². The minimum Gasteiger partial charge on any atom is -0.339 e. The molecule has 148 valence electrons. The molecule has 0 radical (unpaired) electrons. The summed E-state index contributed by atoms with van der Waals surface area (Å²) < 4.78 is 23.0. The number of hydrogen-bond acceptors (Lipinski definition) is 6. The summed E-state index contributed by atoms with van der Waals surface area (Å²) >= 11 is 1.37. The molecule has 0 aliphatic rings. The molecule has 0 spiro atoms. The number of nitrogens with one attached hydrogen (secondary N) is 4. The summed E-state index contributed by atoms with van der Waals surface area (Å²) in [6.45, 7) is 0.226. The fourth-order valence-electron chi connectivity index (χ4n) is 2.72. The Hall–Kier alpha value is -2.86. The second-order valence-electron chi connectivity index (χ2n) is 6.04. The van der Waals surface area contributed by atoms with Crippen LogP contribution in [0.2, 0.25) is 0 Å². The van der Waals surface area contributed by atoms with Gasteiger partial charge in [-0.25, -0.2) is 13.9 Å². The van der Waals surface area contributed by atoms with Gasteiger partial charge in [-0.2, -0.15) is 10.1 Å². The normalized spacial score (nSPS) is 12.1. The lowest BCUT2D eigenvalue weighted by atomic mass is 10.2. The van der Waals surface area contributed by atoms with E-state index in [-0.39, 0.29) is 6.54 Å². The molecule has 0 aliphatic carbocycles. The zero-order chi connectivity index (χ0) is 20.2. The Kier molecular flexibility index (Phi) is 5.81. The first kappa shape index (κ1) is 19.5. The van der Waals surface area contributed by atoms with Gasteiger partial charge in [0.25, 0.3) is 0 Å². The SMILES string of the molecule is O=S(O)NCc1ccccc1Nc1nc(Nc2ccc3cn[nH]c3c2)ncc1Br. The largest absolute Gasteiger partial charge is 0.339 e. The standard InChI is InChI=1S/C18H16BrN7O2S/c19-14-10-20-18(23-13-6-5-12-8-21-26-16(12)7-13)25-17(14)24-15-4-2-1-3-11(15)9-22-29(27)28/h1-8,10,22H,9H2,(H,21,26)(H,27,28)(H2,20,23,24,25). The Morgan fingerprint density at radius 2 is 2.00 bits per heavy atom. The number of benzene rings is 2. The summed E-state index contributed by atoms with van der Waals surface area (Å²) in [7, 11) is 0. The molecule has 0 amide bonds. The topological polar surface area (TPSA) is 128 Å². The van der Waals surface area contributed by atoms with Crippen molar-refractivity contribution in [3.63, 3.8) is 0 Å². The molecule has 11 heteroatoms. The minimum absolute atomic E-state index is 0.226. The molecule has 0 saturated carbocycles. The molecule has 0 saturated heterocycles. The van der Waals surface area contributed by atoms with E-state index in [4.69, 9.17) is 4.55 Å². The summed E-state index contributed by atoms with van der Waals surface area (Å²) in [6, 6.07) is 13.3. The van der Waals surface area contributed by atoms with E-state index in [1.54, 1.807) is 12.4 Å². The van der Waals surface area contributed by atoms with Gasteiger partial charge in [0.05, 0.1) is 16.2 Å². The van der Waals surface area contributed by atoms with E-state index in [0.717, 1.165) is 27.8 Å². The van der Waals surface area contributed by atoms with Crippen molar-refractivity contribution in [1.82, 2.24) is 24.9 Å². The first-order valence-corrected chi connectivity index (χ1v) is 10.4. The van der Waals surface area contributed by atoms with Crippen LogP contribution in [-0.2, 0) is 17.8 Å². The van der Waals surface area contributed by atoms with Gasteiger partial charge in [-0.3, -0.25) is 9.65 Å². The average Bonchev–Trinajstić information content (AvgIpc) is 3.17. The third-order valence-electron chi connectivity index (χ3n) is 4.10. The van der Waals surface area contributed by atoms with Crippen molar-refractivity contribution in [2.24, 2.45) is 0 Å². The number of anilines is 4. The predicted molar refractivity (Wildman–Crippen MR) is 116 cm³/mol. The van der Waals surface area contributed by atoms with Crippen molar-refractivity contribution in [2.75, 3.05) is 10.6 Å². The maximum absolute atomic E-state index is 10.9. The lowest BCUT2D eigenvalue weighted by Gasteiger charge is -2.13. The zero-order valence-electron chi connectivity index (χ0n) is 14.9. The highest BCUT2D eigenvalue weighted by Crippen LogP contribution is 2.27. The number of rotatable bonds is 7. The Morgan fingerprint density at radius 3 is 2.86 bits per heavy atom. The monoisotopic (exact) mass is 473 g/mol. The van der Waals surface area contributed by atoms with E-state index in [1.807, 2.05) is 42.5 Å². The van der Waals surface area contributed by atoms with E-state index in [0.29, 0.717) is 16.2 Å². The Morgan fingerprint density at radius 1 is 1.14 bits per heavy atom. The van der Waals surface area contributed by atoms with E-state index >= 15 is 0 Å². The minimum atomic E-state index is -2.09. The molecule has 0 aliphatic heterocycles. The van der Waals surface area contributed by atoms with Gasteiger partial charge in [0.2, 0.25) is 17.2 Å². The van der Waals surface area contributed by atoms with Crippen LogP contribution in [0.25, 0.3) is 10.9 Å². The van der Waals surface area contributed by atoms with Gasteiger partial charge >= 0.3 is 0 Å². The number of nitrogens with zero attached hydrogens (tertiary/aromatic N) is 3. The molecule has 0 fully saturated rings. The maximum atomic E-state index is 10.9. The summed E-state index contributed by atoms with van der Waals surface area (Å²) in [5.41, 5.74) is 3.31. The first-order valence-electron chi connectivity index (χ1n) is 8.50. The van der Waals surface area contributed by atoms with Crippen molar-refractivity contribution in [3.8, 4) is 0 Å². The molecule has 29 heavy (non-hydrogen) atoms. The lowest BCUT2D eigenvalue weighted by molar-refractivity contribution is 0.549. The van der Waals surface area contributed by atoms with Crippen LogP contribution >= 0.6 is 15.9 Å². The molecule has 2 aromatic heterocycles. The van der Waals surface area contributed by atoms with Gasteiger partial charge in [-0.05, 0) is 45.8 Å². The summed E-state index contributed by atoms with van der Waals surface area (Å²) in [6.07, 6.45) is 3.41. The third-order valence-corrected chi connectivity index (χ3v) is 5.07. The summed E-state index contributed by atoms with van der Waals surface area (Å²) in [4.78, 5) is 8.84. The van der Waals surface area contributed by atoms with Gasteiger partial charge in [0.1, 0.15) is 5.82 Å². The Bertz CT molecular complexity index is 1180. The summed E-state index contributed by atoms with van der Waals surface area (Å²) in [5.74, 6) is 0.976. The fourth-order valence-corrected chi connectivity index (χ4v) is 3.29. The molecule has 0 bridgehead atoms. The molecule has 4 aromatic rings. The zero-order valence-corrected chi connectivity index (χ0v) is 17.3. The van der Waals surface area contributed by atoms with Gasteiger partial charge in [-0.15, -0.1) is 0 Å². The average molecular weight is 474 g/mol. The number of fused-ring (bicyclic) bond motifs is 1. The Balaban J connectivity index is 1.56. The molecule has 2 aromatic carbocycles. The predicted octanol–water partition coefficient (Wildman–Crippen LogP) is 3.83. The van der Waals surface area contributed by atoms with Crippen LogP contribution in [0.1, 0.15) is 5.56 Å². The van der Waals surface area contributed by atoms with Crippen molar-refractivity contribution >= 4 is 61.2 Å². The van der Waals surface area contributed by atoms with Crippen LogP contribution in [0.15, 0.2) is 59.3 Å². The van der Waals surface area contributed by atoms with Crippen LogP contribution in [0.4, 0.5) is 23.1 Å². The van der Waals surface area contributed by atoms with Crippen molar-refractivity contribution in [3.05, 3.63) is 64.9 Å². The van der Waals surface area contributed by atoms with Crippen LogP contribution in [-0.4, -0.2) is 28.9 Å². The number of halogens is 1. The van der Waals surface area contributed by atoms with Gasteiger partial charge in [0.15, 0.2) is 0 Å². The molecule has 9 nitrogen and oxygen atoms in total. The number of aromatic nitrogens is 4. The molecule has 2 heterocycles. The second kappa shape index (κ2) is 8.66. The maximum Gasteiger partial charge on any atom is 0.232 e. The van der Waals surface area contributed by atoms with E-state index in [1.165, 1.54) is 0 Å². The molecule has 1 unspecified atom stereocenters. The molecule has 4 rings (SSSR count). The number of hydrogen-bond donors (Lipinski definition) is 5. The van der Waals surface area contributed by atoms with Gasteiger partial charge in [-0.1, -0.05) is 18.2 Å². The second-order valence-corrected chi connectivity index (χ2v) is 7.68. The van der Waals surface area contributed by atoms with E-state index in [9.17, 15) is 4.21 Å². The number of para-hydroxylation sites is 1. The number of aromatic amines is 1. The van der Waals surface area contributed by atoms with Gasteiger partial charge in [0, 0.05) is 29.5 Å². The third kappa shape index (κ3) is 4.77. The first-order chi connectivity index (χ1) is 14.1. The van der Waals surface area contributed by atoms with E-state index in [2.05, 4.69) is 51.5 Å². The molecule has 1 atom stereocenters. The highest BCUT2D eigenvalue weighted by atomic mass is 79.9. The van der Waals surface area contributed by atoms with Gasteiger partial charge < -0.3 is 10.6 Å². The smallest absolute Gasteiger partial charge is 0.232 e. The van der Waals surface area contributed by atoms with Crippen LogP contribution < -0.4 is 15.4 Å². The van der Waals surface area contributed by atoms with E-state index < -0.39 is 11.3 Å². The van der Waals surface area contributed by atoms with Crippen molar-refractivity contribution in [2.45, 2.75) is 6.54 Å². The highest BCUT2D eigenvalue weighted by Gasteiger charge is 2.09. The van der Waals surface area contributed by atoms with Crippen molar-refractivity contribution < 1.29 is 8.76 Å². The number of H-pyrrole nitrogens is 1. The molecule has 5 N–H and O–H groups in total. The fraction of sp³-hybridized carbons (Fsp3) is 0.0556. The molecular formula is C18H16BrN7O2S. The molecular weight excluding hydrogens is 458 g/mol. The van der Waals surface area contributed by atoms with Crippen LogP contribution in [0.3, 0.4) is 0 Å². The van der Waals surface area contributed by atoms with Crippen molar-refractivity contribution in [1.29, 1.82) is 0 Å². The summed E-state index contributed by atoms with van der Waals surface area (Å²) in [5, 5.41) is 14.4. The quantitative estimate of drug-likeness (QED) is 0.258. The Labute approximate surface area is 176 Å². The lowest BCUT2D eigenvalue weighted by Crippen LogP contribution is -2.16. The highest BCUT2D eigenvalue weighted by molar-refractivity contribution is 9.10. The van der Waals surface area contributed by atoms with Crippen LogP contribution in [0.5, 0.6) is 0 Å².